The summed E-state index contributed by atoms with van der Waals surface area (Å²) in [6.07, 6.45) is 6.78. The molecular weight excluding hydrogens is 274 g/mol. The predicted molar refractivity (Wildman–Crippen MR) is 85.6 cm³/mol. The van der Waals surface area contributed by atoms with Gasteiger partial charge in [0.1, 0.15) is 0 Å². The van der Waals surface area contributed by atoms with Crippen LogP contribution >= 0.6 is 0 Å². The molecule has 0 radical (unpaired) electrons. The normalized spacial score (nSPS) is 32.8. The zero-order valence-corrected chi connectivity index (χ0v) is 13.1. The first-order valence-electron chi connectivity index (χ1n) is 8.72. The molecule has 22 heavy (non-hydrogen) atoms. The van der Waals surface area contributed by atoms with Gasteiger partial charge in [-0.25, -0.2) is 0 Å². The van der Waals surface area contributed by atoms with Gasteiger partial charge in [-0.15, -0.1) is 0 Å². The lowest BCUT2D eigenvalue weighted by Crippen LogP contribution is -2.52. The Morgan fingerprint density at radius 1 is 1.09 bits per heavy atom. The fourth-order valence-electron chi connectivity index (χ4n) is 4.85. The molecule has 4 rings (SSSR count). The number of amides is 1. The zero-order chi connectivity index (χ0) is 15.0. The van der Waals surface area contributed by atoms with Crippen molar-refractivity contribution < 1.29 is 9.53 Å². The maximum absolute atomic E-state index is 13.2. The van der Waals surface area contributed by atoms with E-state index in [9.17, 15) is 4.79 Å². The first-order chi connectivity index (χ1) is 10.8. The lowest BCUT2D eigenvalue weighted by Gasteiger charge is -2.38. The maximum Gasteiger partial charge on any atom is 0.231 e. The standard InChI is InChI=1S/C19H25NO2/c21-18(20-17-13-14-6-7-15(17)12-14)19(8-10-22-11-9-19)16-4-2-1-3-5-16/h1-5,14-15,17H,6-13H2,(H,20,21)/t14-,15+,17+/m0/s1. The van der Waals surface area contributed by atoms with E-state index >= 15 is 0 Å². The van der Waals surface area contributed by atoms with Crippen LogP contribution in [0.1, 0.15) is 44.1 Å². The summed E-state index contributed by atoms with van der Waals surface area (Å²) in [6.45, 7) is 1.36. The molecule has 1 N–H and O–H groups in total. The summed E-state index contributed by atoms with van der Waals surface area (Å²) in [7, 11) is 0. The van der Waals surface area contributed by atoms with E-state index in [1.165, 1.54) is 25.7 Å². The van der Waals surface area contributed by atoms with Crippen molar-refractivity contribution in [3.63, 3.8) is 0 Å². The van der Waals surface area contributed by atoms with E-state index in [4.69, 9.17) is 4.74 Å². The highest BCUT2D eigenvalue weighted by Gasteiger charge is 2.45. The highest BCUT2D eigenvalue weighted by atomic mass is 16.5. The van der Waals surface area contributed by atoms with Crippen molar-refractivity contribution in [2.24, 2.45) is 11.8 Å². The molecule has 0 unspecified atom stereocenters. The van der Waals surface area contributed by atoms with Gasteiger partial charge in [0.2, 0.25) is 5.91 Å². The molecular formula is C19H25NO2. The number of carbonyl (C=O) groups excluding carboxylic acids is 1. The quantitative estimate of drug-likeness (QED) is 0.931. The van der Waals surface area contributed by atoms with Crippen LogP contribution in [0.2, 0.25) is 0 Å². The van der Waals surface area contributed by atoms with E-state index in [0.717, 1.165) is 30.2 Å². The third-order valence-corrected chi connectivity index (χ3v) is 6.16. The number of hydrogen-bond donors (Lipinski definition) is 1. The number of fused-ring (bicyclic) bond motifs is 2. The minimum Gasteiger partial charge on any atom is -0.381 e. The smallest absolute Gasteiger partial charge is 0.231 e. The largest absolute Gasteiger partial charge is 0.381 e. The molecule has 0 aromatic heterocycles. The first-order valence-corrected chi connectivity index (χ1v) is 8.72. The van der Waals surface area contributed by atoms with Crippen molar-refractivity contribution >= 4 is 5.91 Å². The SMILES string of the molecule is O=C(N[C@@H]1C[C@H]2CC[C@@H]1C2)C1(c2ccccc2)CCOCC1. The van der Waals surface area contributed by atoms with Crippen molar-refractivity contribution in [3.8, 4) is 0 Å². The van der Waals surface area contributed by atoms with Gasteiger partial charge in [-0.3, -0.25) is 4.79 Å². The van der Waals surface area contributed by atoms with Crippen molar-refractivity contribution in [2.75, 3.05) is 13.2 Å². The van der Waals surface area contributed by atoms with Gasteiger partial charge < -0.3 is 10.1 Å². The fourth-order valence-corrected chi connectivity index (χ4v) is 4.85. The molecule has 1 aromatic carbocycles. The second kappa shape index (κ2) is 5.69. The van der Waals surface area contributed by atoms with Crippen LogP contribution < -0.4 is 5.32 Å². The number of hydrogen-bond acceptors (Lipinski definition) is 2. The molecule has 3 heteroatoms. The van der Waals surface area contributed by atoms with Crippen LogP contribution in [0.15, 0.2) is 30.3 Å². The summed E-state index contributed by atoms with van der Waals surface area (Å²) in [4.78, 5) is 13.2. The van der Waals surface area contributed by atoms with Crippen molar-refractivity contribution in [2.45, 2.75) is 50.0 Å². The van der Waals surface area contributed by atoms with E-state index in [2.05, 4.69) is 17.4 Å². The lowest BCUT2D eigenvalue weighted by atomic mass is 9.73. The summed E-state index contributed by atoms with van der Waals surface area (Å²) in [5.74, 6) is 1.82. The van der Waals surface area contributed by atoms with Crippen molar-refractivity contribution in [1.82, 2.24) is 5.32 Å². The molecule has 3 fully saturated rings. The van der Waals surface area contributed by atoms with E-state index < -0.39 is 0 Å². The number of nitrogens with one attached hydrogen (secondary N) is 1. The Hall–Kier alpha value is -1.35. The van der Waals surface area contributed by atoms with Crippen LogP contribution in [0.5, 0.6) is 0 Å². The number of rotatable bonds is 3. The van der Waals surface area contributed by atoms with E-state index in [0.29, 0.717) is 19.3 Å². The molecule has 1 amide bonds. The fraction of sp³-hybridized carbons (Fsp3) is 0.632. The Bertz CT molecular complexity index is 536. The molecule has 2 saturated carbocycles. The summed E-state index contributed by atoms with van der Waals surface area (Å²) in [6, 6.07) is 10.7. The number of carbonyl (C=O) groups is 1. The average molecular weight is 299 g/mol. The molecule has 3 atom stereocenters. The summed E-state index contributed by atoms with van der Waals surface area (Å²) in [5.41, 5.74) is 0.764. The molecule has 0 spiro atoms. The van der Waals surface area contributed by atoms with E-state index in [1.807, 2.05) is 18.2 Å². The molecule has 1 aliphatic heterocycles. The molecule has 1 saturated heterocycles. The van der Waals surface area contributed by atoms with Gasteiger partial charge in [-0.2, -0.15) is 0 Å². The lowest BCUT2D eigenvalue weighted by molar-refractivity contribution is -0.131. The third-order valence-electron chi connectivity index (χ3n) is 6.16. The topological polar surface area (TPSA) is 38.3 Å². The Morgan fingerprint density at radius 2 is 1.86 bits per heavy atom. The average Bonchev–Trinajstić information content (AvgIpc) is 3.19. The van der Waals surface area contributed by atoms with Crippen molar-refractivity contribution in [1.29, 1.82) is 0 Å². The second-order valence-electron chi connectivity index (χ2n) is 7.32. The Kier molecular flexibility index (Phi) is 3.69. The van der Waals surface area contributed by atoms with Gasteiger partial charge in [0.15, 0.2) is 0 Å². The molecule has 3 nitrogen and oxygen atoms in total. The van der Waals surface area contributed by atoms with Gasteiger partial charge in [0.05, 0.1) is 5.41 Å². The first kappa shape index (κ1) is 14.3. The minimum atomic E-state index is -0.388. The van der Waals surface area contributed by atoms with Crippen molar-refractivity contribution in [3.05, 3.63) is 35.9 Å². The molecule has 1 aromatic rings. The van der Waals surface area contributed by atoms with Crippen LogP contribution in [-0.2, 0) is 14.9 Å². The van der Waals surface area contributed by atoms with E-state index in [1.54, 1.807) is 0 Å². The van der Waals surface area contributed by atoms with E-state index in [-0.39, 0.29) is 11.3 Å². The van der Waals surface area contributed by atoms with Crippen LogP contribution in [0.3, 0.4) is 0 Å². The van der Waals surface area contributed by atoms with Crippen LogP contribution in [0.25, 0.3) is 0 Å². The minimum absolute atomic E-state index is 0.236. The molecule has 1 heterocycles. The number of ether oxygens (including phenoxy) is 1. The molecule has 2 aliphatic carbocycles. The monoisotopic (exact) mass is 299 g/mol. The maximum atomic E-state index is 13.2. The molecule has 2 bridgehead atoms. The Balaban J connectivity index is 1.56. The number of benzene rings is 1. The van der Waals surface area contributed by atoms with Gasteiger partial charge in [-0.1, -0.05) is 36.8 Å². The molecule has 3 aliphatic rings. The van der Waals surface area contributed by atoms with Gasteiger partial charge in [0, 0.05) is 19.3 Å². The van der Waals surface area contributed by atoms with Crippen LogP contribution in [-0.4, -0.2) is 25.2 Å². The Morgan fingerprint density at radius 3 is 2.50 bits per heavy atom. The summed E-state index contributed by atoms with van der Waals surface area (Å²) in [5, 5.41) is 3.42. The second-order valence-corrected chi connectivity index (χ2v) is 7.32. The van der Waals surface area contributed by atoms with Gasteiger partial charge >= 0.3 is 0 Å². The highest BCUT2D eigenvalue weighted by Crippen LogP contribution is 2.45. The van der Waals surface area contributed by atoms with Crippen LogP contribution in [0.4, 0.5) is 0 Å². The summed E-state index contributed by atoms with van der Waals surface area (Å²) >= 11 is 0. The zero-order valence-electron chi connectivity index (χ0n) is 13.1. The predicted octanol–water partition coefficient (Wildman–Crippen LogP) is 3.04. The molecule has 118 valence electrons. The van der Waals surface area contributed by atoms with Gasteiger partial charge in [0.25, 0.3) is 0 Å². The summed E-state index contributed by atoms with van der Waals surface area (Å²) < 4.78 is 5.54. The highest BCUT2D eigenvalue weighted by molar-refractivity contribution is 5.88. The van der Waals surface area contributed by atoms with Gasteiger partial charge in [-0.05, 0) is 49.5 Å². The Labute approximate surface area is 132 Å². The van der Waals surface area contributed by atoms with Crippen LogP contribution in [0, 0.1) is 11.8 Å². The third kappa shape index (κ3) is 2.36.